The lowest BCUT2D eigenvalue weighted by Gasteiger charge is -2.31. The van der Waals surface area contributed by atoms with Crippen LogP contribution in [0.15, 0.2) is 0 Å². The smallest absolute Gasteiger partial charge is 0.00879 e. The lowest BCUT2D eigenvalue weighted by molar-refractivity contribution is 0.230. The molecular weight excluding hydrogens is 178 g/mol. The summed E-state index contributed by atoms with van der Waals surface area (Å²) in [6.07, 6.45) is 5.96. The topological polar surface area (TPSA) is 3.24 Å². The molecule has 2 heteroatoms. The Morgan fingerprint density at radius 1 is 1.31 bits per heavy atom. The van der Waals surface area contributed by atoms with Crippen LogP contribution in [-0.2, 0) is 0 Å². The fourth-order valence-corrected chi connectivity index (χ4v) is 4.14. The molecule has 13 heavy (non-hydrogen) atoms. The van der Waals surface area contributed by atoms with E-state index in [-0.39, 0.29) is 0 Å². The van der Waals surface area contributed by atoms with Gasteiger partial charge in [-0.2, -0.15) is 11.8 Å². The zero-order chi connectivity index (χ0) is 9.10. The van der Waals surface area contributed by atoms with Gasteiger partial charge in [0.05, 0.1) is 0 Å². The highest BCUT2D eigenvalue weighted by molar-refractivity contribution is 7.99. The van der Waals surface area contributed by atoms with Crippen molar-refractivity contribution < 1.29 is 0 Å². The quantitative estimate of drug-likeness (QED) is 0.638. The largest absolute Gasteiger partial charge is 0.302 e. The van der Waals surface area contributed by atoms with E-state index in [4.69, 9.17) is 0 Å². The molecule has 0 aromatic carbocycles. The minimum atomic E-state index is 1.00. The highest BCUT2D eigenvalue weighted by Crippen LogP contribution is 2.35. The van der Waals surface area contributed by atoms with E-state index in [1.54, 1.807) is 0 Å². The molecule has 2 fully saturated rings. The van der Waals surface area contributed by atoms with Crippen molar-refractivity contribution in [3.05, 3.63) is 0 Å². The van der Waals surface area contributed by atoms with Crippen molar-refractivity contribution in [2.24, 2.45) is 5.92 Å². The third-order valence-corrected chi connectivity index (χ3v) is 4.99. The molecule has 2 aliphatic rings. The summed E-state index contributed by atoms with van der Waals surface area (Å²) in [4.78, 5) is 2.64. The third-order valence-electron chi connectivity index (χ3n) is 3.52. The minimum Gasteiger partial charge on any atom is -0.302 e. The van der Waals surface area contributed by atoms with Crippen molar-refractivity contribution >= 4 is 11.8 Å². The van der Waals surface area contributed by atoms with Crippen molar-refractivity contribution in [2.75, 3.05) is 25.4 Å². The van der Waals surface area contributed by atoms with E-state index in [9.17, 15) is 0 Å². The van der Waals surface area contributed by atoms with Gasteiger partial charge in [-0.25, -0.2) is 0 Å². The molecule has 0 spiro atoms. The van der Waals surface area contributed by atoms with E-state index in [0.29, 0.717) is 0 Å². The minimum absolute atomic E-state index is 1.00. The van der Waals surface area contributed by atoms with Crippen LogP contribution in [0.4, 0.5) is 0 Å². The Labute approximate surface area is 86.3 Å². The molecule has 1 heterocycles. The molecule has 0 aromatic rings. The van der Waals surface area contributed by atoms with Crippen LogP contribution >= 0.6 is 11.8 Å². The molecule has 1 aliphatic heterocycles. The van der Waals surface area contributed by atoms with Gasteiger partial charge in [0.15, 0.2) is 0 Å². The van der Waals surface area contributed by atoms with Gasteiger partial charge in [0, 0.05) is 24.1 Å². The third kappa shape index (κ3) is 2.41. The zero-order valence-electron chi connectivity index (χ0n) is 8.67. The summed E-state index contributed by atoms with van der Waals surface area (Å²) < 4.78 is 0. The first-order valence-electron chi connectivity index (χ1n) is 5.74. The predicted octanol–water partition coefficient (Wildman–Crippen LogP) is 2.61. The molecule has 2 rings (SSSR count). The van der Waals surface area contributed by atoms with Crippen LogP contribution in [0.5, 0.6) is 0 Å². The van der Waals surface area contributed by atoms with Gasteiger partial charge in [-0.1, -0.05) is 19.8 Å². The summed E-state index contributed by atoms with van der Waals surface area (Å²) in [5.74, 6) is 2.39. The average molecular weight is 199 g/mol. The highest BCUT2D eigenvalue weighted by atomic mass is 32.2. The van der Waals surface area contributed by atoms with E-state index in [0.717, 1.165) is 11.2 Å². The van der Waals surface area contributed by atoms with Crippen LogP contribution in [-0.4, -0.2) is 35.5 Å². The fraction of sp³-hybridized carbons (Fsp3) is 1.00. The second-order valence-corrected chi connectivity index (χ2v) is 5.69. The molecule has 0 N–H and O–H groups in total. The lowest BCUT2D eigenvalue weighted by Crippen LogP contribution is -2.33. The maximum absolute atomic E-state index is 2.64. The molecule has 0 amide bonds. The van der Waals surface area contributed by atoms with Crippen molar-refractivity contribution in [3.63, 3.8) is 0 Å². The number of hydrogen-bond acceptors (Lipinski definition) is 2. The van der Waals surface area contributed by atoms with Gasteiger partial charge >= 0.3 is 0 Å². The highest BCUT2D eigenvalue weighted by Gasteiger charge is 2.28. The first-order valence-corrected chi connectivity index (χ1v) is 6.79. The van der Waals surface area contributed by atoms with Gasteiger partial charge in [-0.05, 0) is 25.3 Å². The Balaban J connectivity index is 1.94. The van der Waals surface area contributed by atoms with Crippen LogP contribution in [0.1, 0.15) is 32.6 Å². The Morgan fingerprint density at radius 3 is 3.00 bits per heavy atom. The molecule has 1 nitrogen and oxygen atoms in total. The normalized spacial score (nSPS) is 36.7. The lowest BCUT2D eigenvalue weighted by atomic mass is 9.88. The van der Waals surface area contributed by atoms with E-state index in [1.807, 2.05) is 0 Å². The van der Waals surface area contributed by atoms with E-state index in [1.165, 1.54) is 51.1 Å². The Hall–Kier alpha value is 0.310. The zero-order valence-corrected chi connectivity index (χ0v) is 9.48. The van der Waals surface area contributed by atoms with Crippen molar-refractivity contribution in [1.29, 1.82) is 0 Å². The Bertz CT molecular complexity index is 160. The average Bonchev–Trinajstić information content (AvgIpc) is 2.38. The predicted molar refractivity (Wildman–Crippen MR) is 60.3 cm³/mol. The van der Waals surface area contributed by atoms with Crippen molar-refractivity contribution in [3.8, 4) is 0 Å². The Morgan fingerprint density at radius 2 is 2.15 bits per heavy atom. The molecular formula is C11H21NS. The standard InChI is InChI=1S/C11H21NS/c1-2-12-7-8-13-11-6-4-3-5-10(11)9-12/h10-11H,2-9H2,1H3. The molecule has 76 valence electrons. The van der Waals surface area contributed by atoms with Gasteiger partial charge in [-0.3, -0.25) is 0 Å². The van der Waals surface area contributed by atoms with E-state index < -0.39 is 0 Å². The number of nitrogens with zero attached hydrogens (tertiary/aromatic N) is 1. The molecule has 0 radical (unpaired) electrons. The second kappa shape index (κ2) is 4.70. The summed E-state index contributed by atoms with van der Waals surface area (Å²) in [6, 6.07) is 0. The van der Waals surface area contributed by atoms with Gasteiger partial charge < -0.3 is 4.90 Å². The SMILES string of the molecule is CCN1CCSC2CCCCC2C1. The van der Waals surface area contributed by atoms with Gasteiger partial charge in [0.2, 0.25) is 0 Å². The number of rotatable bonds is 1. The van der Waals surface area contributed by atoms with Gasteiger partial charge in [0.1, 0.15) is 0 Å². The van der Waals surface area contributed by atoms with Crippen molar-refractivity contribution in [1.82, 2.24) is 4.90 Å². The Kier molecular flexibility index (Phi) is 3.56. The van der Waals surface area contributed by atoms with Crippen LogP contribution in [0.2, 0.25) is 0 Å². The van der Waals surface area contributed by atoms with Crippen LogP contribution in [0.3, 0.4) is 0 Å². The molecule has 2 unspecified atom stereocenters. The summed E-state index contributed by atoms with van der Waals surface area (Å²) >= 11 is 2.25. The maximum atomic E-state index is 2.64. The maximum Gasteiger partial charge on any atom is 0.00879 e. The van der Waals surface area contributed by atoms with Crippen LogP contribution in [0, 0.1) is 5.92 Å². The summed E-state index contributed by atoms with van der Waals surface area (Å²) in [6.45, 7) is 6.26. The van der Waals surface area contributed by atoms with Gasteiger partial charge in [-0.15, -0.1) is 0 Å². The molecule has 0 aromatic heterocycles. The van der Waals surface area contributed by atoms with E-state index in [2.05, 4.69) is 23.6 Å². The molecule has 1 saturated heterocycles. The first kappa shape index (κ1) is 9.85. The molecule has 1 saturated carbocycles. The van der Waals surface area contributed by atoms with Crippen LogP contribution < -0.4 is 0 Å². The monoisotopic (exact) mass is 199 g/mol. The molecule has 1 aliphatic carbocycles. The second-order valence-electron chi connectivity index (χ2n) is 4.35. The number of hydrogen-bond donors (Lipinski definition) is 0. The summed E-state index contributed by atoms with van der Waals surface area (Å²) in [5, 5.41) is 1.00. The number of fused-ring (bicyclic) bond motifs is 1. The first-order chi connectivity index (χ1) is 6.40. The molecule has 0 bridgehead atoms. The van der Waals surface area contributed by atoms with Crippen molar-refractivity contribution in [2.45, 2.75) is 37.9 Å². The van der Waals surface area contributed by atoms with Gasteiger partial charge in [0.25, 0.3) is 0 Å². The van der Waals surface area contributed by atoms with Crippen LogP contribution in [0.25, 0.3) is 0 Å². The fourth-order valence-electron chi connectivity index (χ4n) is 2.65. The summed E-state index contributed by atoms with van der Waals surface area (Å²) in [7, 11) is 0. The number of thioether (sulfide) groups is 1. The van der Waals surface area contributed by atoms with E-state index >= 15 is 0 Å². The molecule has 2 atom stereocenters. The summed E-state index contributed by atoms with van der Waals surface area (Å²) in [5.41, 5.74) is 0.